The van der Waals surface area contributed by atoms with E-state index in [0.717, 1.165) is 17.0 Å². The predicted octanol–water partition coefficient (Wildman–Crippen LogP) is 6.49. The standard InChI is InChI=1S/C23H19Cl3FNO3/c1-13-11-17(14(2)28(13)10-9-15-3-5-16(27)6-4-15)20(29)12-31-23(30)21-18(24)7-8-19(25)22(21)26/h3-8,11H,9-10,12H2,1-2H3. The number of ketones is 1. The van der Waals surface area contributed by atoms with Gasteiger partial charge in [0, 0.05) is 23.5 Å². The lowest BCUT2D eigenvalue weighted by atomic mass is 10.1. The summed E-state index contributed by atoms with van der Waals surface area (Å²) in [6, 6.07) is 11.0. The minimum absolute atomic E-state index is 0.0226. The van der Waals surface area contributed by atoms with E-state index in [1.807, 2.05) is 18.4 Å². The van der Waals surface area contributed by atoms with Crippen molar-refractivity contribution in [3.8, 4) is 0 Å². The molecular weight excluding hydrogens is 464 g/mol. The second kappa shape index (κ2) is 9.86. The lowest BCUT2D eigenvalue weighted by Crippen LogP contribution is -2.16. The Morgan fingerprint density at radius 2 is 1.65 bits per heavy atom. The van der Waals surface area contributed by atoms with Gasteiger partial charge in [0.05, 0.1) is 20.6 Å². The van der Waals surface area contributed by atoms with Gasteiger partial charge in [-0.3, -0.25) is 4.79 Å². The zero-order valence-electron chi connectivity index (χ0n) is 16.8. The van der Waals surface area contributed by atoms with E-state index < -0.39 is 12.6 Å². The van der Waals surface area contributed by atoms with Crippen molar-refractivity contribution in [3.05, 3.63) is 91.4 Å². The number of carbonyl (C=O) groups excluding carboxylic acids is 2. The lowest BCUT2D eigenvalue weighted by molar-refractivity contribution is 0.0475. The summed E-state index contributed by atoms with van der Waals surface area (Å²) in [6.45, 7) is 3.90. The number of carbonyl (C=O) groups is 2. The summed E-state index contributed by atoms with van der Waals surface area (Å²) >= 11 is 18.0. The van der Waals surface area contributed by atoms with Crippen molar-refractivity contribution < 1.29 is 18.7 Å². The van der Waals surface area contributed by atoms with E-state index >= 15 is 0 Å². The highest BCUT2D eigenvalue weighted by molar-refractivity contribution is 6.46. The van der Waals surface area contributed by atoms with E-state index in [-0.39, 0.29) is 32.2 Å². The summed E-state index contributed by atoms with van der Waals surface area (Å²) in [6.07, 6.45) is 0.686. The number of ether oxygens (including phenoxy) is 1. The molecule has 0 unspecified atom stereocenters. The fourth-order valence-electron chi connectivity index (χ4n) is 3.31. The third-order valence-electron chi connectivity index (χ3n) is 4.99. The molecule has 0 aliphatic heterocycles. The van der Waals surface area contributed by atoms with Crippen LogP contribution in [0.2, 0.25) is 15.1 Å². The number of halogens is 4. The molecule has 0 aliphatic carbocycles. The SMILES string of the molecule is Cc1cc(C(=O)COC(=O)c2c(Cl)ccc(Cl)c2Cl)c(C)n1CCc1ccc(F)cc1. The van der Waals surface area contributed by atoms with Crippen LogP contribution in [0.5, 0.6) is 0 Å². The summed E-state index contributed by atoms with van der Waals surface area (Å²) < 4.78 is 20.2. The van der Waals surface area contributed by atoms with Gasteiger partial charge in [0.25, 0.3) is 0 Å². The Bertz CT molecular complexity index is 1140. The van der Waals surface area contributed by atoms with Gasteiger partial charge in [-0.25, -0.2) is 9.18 Å². The Morgan fingerprint density at radius 3 is 2.32 bits per heavy atom. The van der Waals surface area contributed by atoms with Crippen LogP contribution in [0.4, 0.5) is 4.39 Å². The topological polar surface area (TPSA) is 48.3 Å². The van der Waals surface area contributed by atoms with E-state index in [9.17, 15) is 14.0 Å². The quantitative estimate of drug-likeness (QED) is 0.220. The molecule has 0 fully saturated rings. The number of Topliss-reactive ketones (excluding diaryl/α,β-unsaturated/α-hetero) is 1. The maximum atomic E-state index is 13.1. The molecule has 0 aliphatic rings. The summed E-state index contributed by atoms with van der Waals surface area (Å²) in [7, 11) is 0. The number of benzene rings is 2. The number of aryl methyl sites for hydroxylation is 2. The van der Waals surface area contributed by atoms with Crippen LogP contribution < -0.4 is 0 Å². The number of aromatic nitrogens is 1. The fraction of sp³-hybridized carbons (Fsp3) is 0.217. The molecule has 2 aromatic carbocycles. The second-order valence-electron chi connectivity index (χ2n) is 7.03. The first-order chi connectivity index (χ1) is 14.7. The molecule has 0 amide bonds. The van der Waals surface area contributed by atoms with Crippen LogP contribution in [0.15, 0.2) is 42.5 Å². The lowest BCUT2D eigenvalue weighted by Gasteiger charge is -2.11. The number of rotatable bonds is 7. The zero-order chi connectivity index (χ0) is 22.7. The number of hydrogen-bond donors (Lipinski definition) is 0. The molecule has 0 bridgehead atoms. The van der Waals surface area contributed by atoms with Crippen LogP contribution in [-0.2, 0) is 17.7 Å². The second-order valence-corrected chi connectivity index (χ2v) is 8.22. The van der Waals surface area contributed by atoms with E-state index in [1.165, 1.54) is 24.3 Å². The van der Waals surface area contributed by atoms with Crippen molar-refractivity contribution in [2.24, 2.45) is 0 Å². The number of hydrogen-bond acceptors (Lipinski definition) is 3. The van der Waals surface area contributed by atoms with Crippen LogP contribution in [0.1, 0.15) is 37.7 Å². The normalized spacial score (nSPS) is 10.9. The van der Waals surface area contributed by atoms with Gasteiger partial charge in [0.1, 0.15) is 5.82 Å². The van der Waals surface area contributed by atoms with Crippen molar-refractivity contribution in [1.29, 1.82) is 0 Å². The van der Waals surface area contributed by atoms with E-state index in [0.29, 0.717) is 18.5 Å². The minimum Gasteiger partial charge on any atom is -0.454 e. The molecular formula is C23H19Cl3FNO3. The van der Waals surface area contributed by atoms with Crippen molar-refractivity contribution in [1.82, 2.24) is 4.57 Å². The van der Waals surface area contributed by atoms with Crippen LogP contribution in [0.25, 0.3) is 0 Å². The Balaban J connectivity index is 1.68. The average Bonchev–Trinajstić information content (AvgIpc) is 3.02. The molecule has 3 rings (SSSR count). The molecule has 0 spiro atoms. The van der Waals surface area contributed by atoms with Crippen molar-refractivity contribution in [2.75, 3.05) is 6.61 Å². The Labute approximate surface area is 194 Å². The average molecular weight is 483 g/mol. The number of nitrogens with zero attached hydrogens (tertiary/aromatic N) is 1. The summed E-state index contributed by atoms with van der Waals surface area (Å²) in [5, 5.41) is 0.227. The first-order valence-corrected chi connectivity index (χ1v) is 10.6. The smallest absolute Gasteiger partial charge is 0.341 e. The minimum atomic E-state index is -0.823. The summed E-state index contributed by atoms with van der Waals surface area (Å²) in [5.74, 6) is -1.44. The monoisotopic (exact) mass is 481 g/mol. The molecule has 8 heteroatoms. The van der Waals surface area contributed by atoms with Crippen LogP contribution in [0, 0.1) is 19.7 Å². The first kappa shape index (κ1) is 23.3. The molecule has 0 atom stereocenters. The summed E-state index contributed by atoms with van der Waals surface area (Å²) in [4.78, 5) is 25.1. The highest BCUT2D eigenvalue weighted by Crippen LogP contribution is 2.32. The predicted molar refractivity (Wildman–Crippen MR) is 120 cm³/mol. The molecule has 0 saturated heterocycles. The van der Waals surface area contributed by atoms with E-state index in [2.05, 4.69) is 0 Å². The van der Waals surface area contributed by atoms with Crippen molar-refractivity contribution in [2.45, 2.75) is 26.8 Å². The van der Waals surface area contributed by atoms with Crippen LogP contribution in [0.3, 0.4) is 0 Å². The molecule has 4 nitrogen and oxygen atoms in total. The highest BCUT2D eigenvalue weighted by atomic mass is 35.5. The molecule has 3 aromatic rings. The third-order valence-corrected chi connectivity index (χ3v) is 6.11. The maximum absolute atomic E-state index is 13.1. The molecule has 0 radical (unpaired) electrons. The van der Waals surface area contributed by atoms with Crippen LogP contribution in [-0.4, -0.2) is 22.9 Å². The van der Waals surface area contributed by atoms with Gasteiger partial charge in [0.15, 0.2) is 6.61 Å². The molecule has 0 saturated carbocycles. The molecule has 1 heterocycles. The molecule has 0 N–H and O–H groups in total. The van der Waals surface area contributed by atoms with Crippen LogP contribution >= 0.6 is 34.8 Å². The molecule has 31 heavy (non-hydrogen) atoms. The highest BCUT2D eigenvalue weighted by Gasteiger charge is 2.22. The fourth-order valence-corrected chi connectivity index (χ4v) is 4.00. The Hall–Kier alpha value is -2.34. The van der Waals surface area contributed by atoms with E-state index in [4.69, 9.17) is 39.5 Å². The van der Waals surface area contributed by atoms with Gasteiger partial charge in [0.2, 0.25) is 5.78 Å². The Morgan fingerprint density at radius 1 is 1.00 bits per heavy atom. The van der Waals surface area contributed by atoms with Gasteiger partial charge in [-0.1, -0.05) is 46.9 Å². The Kier molecular flexibility index (Phi) is 7.42. The largest absolute Gasteiger partial charge is 0.454 e. The van der Waals surface area contributed by atoms with Gasteiger partial charge < -0.3 is 9.30 Å². The number of esters is 1. The van der Waals surface area contributed by atoms with Gasteiger partial charge in [-0.2, -0.15) is 0 Å². The third kappa shape index (κ3) is 5.29. The van der Waals surface area contributed by atoms with E-state index in [1.54, 1.807) is 18.2 Å². The summed E-state index contributed by atoms with van der Waals surface area (Å²) in [5.41, 5.74) is 3.04. The van der Waals surface area contributed by atoms with Gasteiger partial charge >= 0.3 is 5.97 Å². The van der Waals surface area contributed by atoms with Gasteiger partial charge in [-0.05, 0) is 56.2 Å². The van der Waals surface area contributed by atoms with Crippen molar-refractivity contribution in [3.63, 3.8) is 0 Å². The maximum Gasteiger partial charge on any atom is 0.341 e. The molecule has 1 aromatic heterocycles. The van der Waals surface area contributed by atoms with Gasteiger partial charge in [-0.15, -0.1) is 0 Å². The first-order valence-electron chi connectivity index (χ1n) is 9.44. The van der Waals surface area contributed by atoms with Crippen molar-refractivity contribution >= 4 is 46.6 Å². The zero-order valence-corrected chi connectivity index (χ0v) is 19.1. The molecule has 162 valence electrons.